The molecule has 0 saturated carbocycles. The summed E-state index contributed by atoms with van der Waals surface area (Å²) in [5, 5.41) is 0. The van der Waals surface area contributed by atoms with Gasteiger partial charge in [-0.25, -0.2) is 0 Å². The molecular weight excluding hydrogens is 176 g/mol. The first-order chi connectivity index (χ1) is 6.77. The Morgan fingerprint density at radius 1 is 1.50 bits per heavy atom. The number of ether oxygens (including phenoxy) is 1. The van der Waals surface area contributed by atoms with Crippen LogP contribution >= 0.6 is 0 Å². The van der Waals surface area contributed by atoms with Gasteiger partial charge in [-0.05, 0) is 37.8 Å². The molecule has 1 saturated heterocycles. The topological polar surface area (TPSA) is 38.5 Å². The van der Waals surface area contributed by atoms with Crippen LogP contribution in [0.5, 0.6) is 0 Å². The predicted octanol–water partition coefficient (Wildman–Crippen LogP) is 0.940. The molecule has 3 nitrogen and oxygen atoms in total. The molecular formula is C11H24N2O. The summed E-state index contributed by atoms with van der Waals surface area (Å²) in [6.45, 7) is 7.62. The normalized spacial score (nSPS) is 29.4. The number of methoxy groups -OCH3 is 1. The van der Waals surface area contributed by atoms with Crippen LogP contribution in [0.25, 0.3) is 0 Å². The van der Waals surface area contributed by atoms with Crippen molar-refractivity contribution >= 4 is 0 Å². The maximum Gasteiger partial charge on any atom is 0.0474 e. The van der Waals surface area contributed by atoms with E-state index in [9.17, 15) is 0 Å². The zero-order valence-electron chi connectivity index (χ0n) is 9.54. The van der Waals surface area contributed by atoms with Gasteiger partial charge >= 0.3 is 0 Å². The lowest BCUT2D eigenvalue weighted by Gasteiger charge is -2.36. The van der Waals surface area contributed by atoms with Gasteiger partial charge in [0.25, 0.3) is 0 Å². The van der Waals surface area contributed by atoms with E-state index in [2.05, 4.69) is 11.8 Å². The summed E-state index contributed by atoms with van der Waals surface area (Å²) in [7, 11) is 1.76. The van der Waals surface area contributed by atoms with Crippen molar-refractivity contribution in [1.29, 1.82) is 0 Å². The third-order valence-electron chi connectivity index (χ3n) is 3.32. The minimum Gasteiger partial charge on any atom is -0.385 e. The molecule has 2 N–H and O–H groups in total. The van der Waals surface area contributed by atoms with Gasteiger partial charge in [0.05, 0.1) is 0 Å². The van der Waals surface area contributed by atoms with E-state index in [-0.39, 0.29) is 0 Å². The van der Waals surface area contributed by atoms with Gasteiger partial charge in [-0.2, -0.15) is 0 Å². The van der Waals surface area contributed by atoms with Gasteiger partial charge in [0, 0.05) is 26.8 Å². The van der Waals surface area contributed by atoms with Crippen molar-refractivity contribution in [3.05, 3.63) is 0 Å². The fourth-order valence-electron chi connectivity index (χ4n) is 2.17. The molecule has 1 aliphatic rings. The largest absolute Gasteiger partial charge is 0.385 e. The first-order valence-corrected chi connectivity index (χ1v) is 5.69. The number of nitrogens with two attached hydrogens (primary N) is 1. The second-order valence-corrected chi connectivity index (χ2v) is 4.41. The molecule has 0 aromatic carbocycles. The Labute approximate surface area is 87.6 Å². The van der Waals surface area contributed by atoms with Crippen LogP contribution in [0.15, 0.2) is 0 Å². The van der Waals surface area contributed by atoms with Crippen molar-refractivity contribution in [3.8, 4) is 0 Å². The minimum absolute atomic E-state index is 0.700. The molecule has 0 aromatic rings. The highest BCUT2D eigenvalue weighted by molar-refractivity contribution is 4.78. The standard InChI is InChI=1S/C11H24N2O/c1-10-4-6-13(5-3-7-14-2)9-11(10)8-12/h10-11H,3-9,12H2,1-2H3. The van der Waals surface area contributed by atoms with Crippen LogP contribution in [-0.4, -0.2) is 44.8 Å². The number of rotatable bonds is 5. The second kappa shape index (κ2) is 6.38. The molecule has 0 amide bonds. The highest BCUT2D eigenvalue weighted by atomic mass is 16.5. The number of hydrogen-bond donors (Lipinski definition) is 1. The second-order valence-electron chi connectivity index (χ2n) is 4.41. The van der Waals surface area contributed by atoms with Gasteiger partial charge in [-0.3, -0.25) is 0 Å². The van der Waals surface area contributed by atoms with E-state index >= 15 is 0 Å². The van der Waals surface area contributed by atoms with E-state index in [4.69, 9.17) is 10.5 Å². The molecule has 0 radical (unpaired) electrons. The number of hydrogen-bond acceptors (Lipinski definition) is 3. The van der Waals surface area contributed by atoms with Crippen molar-refractivity contribution in [2.75, 3.05) is 39.9 Å². The molecule has 1 fully saturated rings. The smallest absolute Gasteiger partial charge is 0.0474 e. The molecule has 84 valence electrons. The van der Waals surface area contributed by atoms with Crippen LogP contribution in [0.4, 0.5) is 0 Å². The molecule has 3 heteroatoms. The quantitative estimate of drug-likeness (QED) is 0.671. The van der Waals surface area contributed by atoms with E-state index in [0.717, 1.165) is 32.0 Å². The van der Waals surface area contributed by atoms with Gasteiger partial charge in [-0.15, -0.1) is 0 Å². The summed E-state index contributed by atoms with van der Waals surface area (Å²) in [4.78, 5) is 2.52. The van der Waals surface area contributed by atoms with E-state index in [1.165, 1.54) is 19.5 Å². The molecule has 2 atom stereocenters. The summed E-state index contributed by atoms with van der Waals surface area (Å²) < 4.78 is 5.06. The van der Waals surface area contributed by atoms with Crippen molar-refractivity contribution in [2.24, 2.45) is 17.6 Å². The van der Waals surface area contributed by atoms with Crippen LogP contribution in [0, 0.1) is 11.8 Å². The average molecular weight is 200 g/mol. The molecule has 2 unspecified atom stereocenters. The van der Waals surface area contributed by atoms with E-state index < -0.39 is 0 Å². The zero-order chi connectivity index (χ0) is 10.4. The molecule has 0 aliphatic carbocycles. The number of likely N-dealkylation sites (tertiary alicyclic amines) is 1. The van der Waals surface area contributed by atoms with Crippen molar-refractivity contribution < 1.29 is 4.74 Å². The molecule has 0 bridgehead atoms. The van der Waals surface area contributed by atoms with Crippen LogP contribution in [0.2, 0.25) is 0 Å². The van der Waals surface area contributed by atoms with Crippen LogP contribution in [0.1, 0.15) is 19.8 Å². The van der Waals surface area contributed by atoms with E-state index in [1.54, 1.807) is 7.11 Å². The summed E-state index contributed by atoms with van der Waals surface area (Å²) >= 11 is 0. The fourth-order valence-corrected chi connectivity index (χ4v) is 2.17. The van der Waals surface area contributed by atoms with Crippen LogP contribution in [0.3, 0.4) is 0 Å². The fraction of sp³-hybridized carbons (Fsp3) is 1.00. The lowest BCUT2D eigenvalue weighted by atomic mass is 9.87. The third-order valence-corrected chi connectivity index (χ3v) is 3.32. The highest BCUT2D eigenvalue weighted by Gasteiger charge is 2.24. The van der Waals surface area contributed by atoms with Gasteiger partial charge < -0.3 is 15.4 Å². The van der Waals surface area contributed by atoms with E-state index in [0.29, 0.717) is 5.92 Å². The summed E-state index contributed by atoms with van der Waals surface area (Å²) in [6, 6.07) is 0. The lowest BCUT2D eigenvalue weighted by molar-refractivity contribution is 0.115. The lowest BCUT2D eigenvalue weighted by Crippen LogP contribution is -2.43. The van der Waals surface area contributed by atoms with E-state index in [1.807, 2.05) is 0 Å². The first-order valence-electron chi connectivity index (χ1n) is 5.69. The van der Waals surface area contributed by atoms with Crippen molar-refractivity contribution in [1.82, 2.24) is 4.90 Å². The maximum atomic E-state index is 5.76. The monoisotopic (exact) mass is 200 g/mol. The molecule has 1 rings (SSSR count). The molecule has 1 aliphatic heterocycles. The molecule has 0 aromatic heterocycles. The van der Waals surface area contributed by atoms with Crippen LogP contribution in [-0.2, 0) is 4.74 Å². The Hall–Kier alpha value is -0.120. The minimum atomic E-state index is 0.700. The van der Waals surface area contributed by atoms with Crippen molar-refractivity contribution in [3.63, 3.8) is 0 Å². The molecule has 0 spiro atoms. The number of piperidine rings is 1. The average Bonchev–Trinajstić information content (AvgIpc) is 2.21. The summed E-state index contributed by atoms with van der Waals surface area (Å²) in [5.74, 6) is 1.50. The molecule has 14 heavy (non-hydrogen) atoms. The maximum absolute atomic E-state index is 5.76. The Morgan fingerprint density at radius 2 is 2.29 bits per heavy atom. The summed E-state index contributed by atoms with van der Waals surface area (Å²) in [5.41, 5.74) is 5.76. The van der Waals surface area contributed by atoms with Gasteiger partial charge in [0.2, 0.25) is 0 Å². The van der Waals surface area contributed by atoms with Crippen molar-refractivity contribution in [2.45, 2.75) is 19.8 Å². The first kappa shape index (κ1) is 12.0. The SMILES string of the molecule is COCCCN1CCC(C)C(CN)C1. The Morgan fingerprint density at radius 3 is 2.93 bits per heavy atom. The van der Waals surface area contributed by atoms with Gasteiger partial charge in [0.1, 0.15) is 0 Å². The zero-order valence-corrected chi connectivity index (χ0v) is 9.54. The molecule has 1 heterocycles. The Bertz CT molecular complexity index is 152. The Balaban J connectivity index is 2.21. The number of nitrogens with zero attached hydrogens (tertiary/aromatic N) is 1. The van der Waals surface area contributed by atoms with Gasteiger partial charge in [-0.1, -0.05) is 6.92 Å². The Kier molecular flexibility index (Phi) is 5.45. The van der Waals surface area contributed by atoms with Gasteiger partial charge in [0.15, 0.2) is 0 Å². The predicted molar refractivity (Wildman–Crippen MR) is 59.3 cm³/mol. The third kappa shape index (κ3) is 3.56. The van der Waals surface area contributed by atoms with Crippen LogP contribution < -0.4 is 5.73 Å². The summed E-state index contributed by atoms with van der Waals surface area (Å²) in [6.07, 6.45) is 2.44. The highest BCUT2D eigenvalue weighted by Crippen LogP contribution is 2.21.